The summed E-state index contributed by atoms with van der Waals surface area (Å²) in [4.78, 5) is 16.4. The van der Waals surface area contributed by atoms with Crippen molar-refractivity contribution < 1.29 is 18.0 Å². The molecule has 3 heterocycles. The SMILES string of the molecule is O=C(NCc1nnc2n1CCC(C(F)(F)F)C2)c1ccc(Cn2ccnc2)cc1. The number of nitrogens with one attached hydrogen (secondary N) is 1. The Morgan fingerprint density at radius 3 is 2.69 bits per heavy atom. The third-order valence-corrected chi connectivity index (χ3v) is 5.04. The average Bonchev–Trinajstić information content (AvgIpc) is 3.35. The second kappa shape index (κ2) is 7.69. The summed E-state index contributed by atoms with van der Waals surface area (Å²) < 4.78 is 42.3. The standard InChI is InChI=1S/C19H19F3N6O/c20-19(21,22)15-5-7-28-16(9-15)25-26-17(28)10-24-18(29)14-3-1-13(2-4-14)11-27-8-6-23-12-27/h1-4,6,8,12,15H,5,7,9-11H2,(H,24,29). The molecule has 1 aromatic carbocycles. The number of rotatable bonds is 5. The molecule has 1 N–H and O–H groups in total. The maximum Gasteiger partial charge on any atom is 0.392 e. The van der Waals surface area contributed by atoms with E-state index in [1.165, 1.54) is 0 Å². The van der Waals surface area contributed by atoms with Crippen molar-refractivity contribution in [1.29, 1.82) is 0 Å². The van der Waals surface area contributed by atoms with Crippen LogP contribution in [0.4, 0.5) is 13.2 Å². The first-order valence-electron chi connectivity index (χ1n) is 9.20. The van der Waals surface area contributed by atoms with Crippen molar-refractivity contribution in [3.63, 3.8) is 0 Å². The van der Waals surface area contributed by atoms with Crippen LogP contribution >= 0.6 is 0 Å². The van der Waals surface area contributed by atoms with Gasteiger partial charge in [0.2, 0.25) is 0 Å². The molecule has 0 aliphatic carbocycles. The van der Waals surface area contributed by atoms with Crippen LogP contribution in [0.25, 0.3) is 0 Å². The number of amides is 1. The molecule has 29 heavy (non-hydrogen) atoms. The minimum Gasteiger partial charge on any atom is -0.345 e. The zero-order valence-corrected chi connectivity index (χ0v) is 15.4. The molecule has 0 fully saturated rings. The predicted molar refractivity (Wildman–Crippen MR) is 96.8 cm³/mol. The minimum absolute atomic E-state index is 0.00609. The van der Waals surface area contributed by atoms with Crippen LogP contribution < -0.4 is 5.32 Å². The summed E-state index contributed by atoms with van der Waals surface area (Å²) in [7, 11) is 0. The zero-order valence-electron chi connectivity index (χ0n) is 15.4. The number of carbonyl (C=O) groups is 1. The smallest absolute Gasteiger partial charge is 0.345 e. The van der Waals surface area contributed by atoms with Gasteiger partial charge >= 0.3 is 6.18 Å². The van der Waals surface area contributed by atoms with Gasteiger partial charge in [-0.3, -0.25) is 4.79 Å². The molecule has 10 heteroatoms. The summed E-state index contributed by atoms with van der Waals surface area (Å²) >= 11 is 0. The van der Waals surface area contributed by atoms with Crippen LogP contribution in [0, 0.1) is 5.92 Å². The Labute approximate surface area is 164 Å². The summed E-state index contributed by atoms with van der Waals surface area (Å²) in [6.07, 6.45) is 0.869. The number of hydrogen-bond acceptors (Lipinski definition) is 4. The molecule has 152 valence electrons. The zero-order chi connectivity index (χ0) is 20.4. The van der Waals surface area contributed by atoms with E-state index in [9.17, 15) is 18.0 Å². The monoisotopic (exact) mass is 404 g/mol. The highest BCUT2D eigenvalue weighted by Crippen LogP contribution is 2.34. The van der Waals surface area contributed by atoms with Gasteiger partial charge in [-0.2, -0.15) is 13.2 Å². The van der Waals surface area contributed by atoms with Gasteiger partial charge < -0.3 is 14.5 Å². The van der Waals surface area contributed by atoms with E-state index in [2.05, 4.69) is 20.5 Å². The maximum absolute atomic E-state index is 12.9. The molecule has 0 saturated heterocycles. The minimum atomic E-state index is -4.23. The first-order valence-corrected chi connectivity index (χ1v) is 9.20. The number of benzene rings is 1. The summed E-state index contributed by atoms with van der Waals surface area (Å²) in [6.45, 7) is 0.965. The van der Waals surface area contributed by atoms with E-state index in [4.69, 9.17) is 0 Å². The molecule has 7 nitrogen and oxygen atoms in total. The summed E-state index contributed by atoms with van der Waals surface area (Å²) in [5, 5.41) is 10.6. The van der Waals surface area contributed by atoms with Gasteiger partial charge in [-0.15, -0.1) is 10.2 Å². The number of alkyl halides is 3. The fourth-order valence-electron chi connectivity index (χ4n) is 3.41. The van der Waals surface area contributed by atoms with Crippen LogP contribution in [0.5, 0.6) is 0 Å². The van der Waals surface area contributed by atoms with Crippen LogP contribution in [-0.2, 0) is 26.1 Å². The lowest BCUT2D eigenvalue weighted by Crippen LogP contribution is -2.32. The topological polar surface area (TPSA) is 77.6 Å². The number of aromatic nitrogens is 5. The Balaban J connectivity index is 1.35. The van der Waals surface area contributed by atoms with Crippen molar-refractivity contribution in [2.24, 2.45) is 5.92 Å². The number of carbonyl (C=O) groups excluding carboxylic acids is 1. The average molecular weight is 404 g/mol. The lowest BCUT2D eigenvalue weighted by atomic mass is 9.97. The van der Waals surface area contributed by atoms with Crippen LogP contribution in [0.1, 0.15) is 34.0 Å². The Kier molecular flexibility index (Phi) is 5.08. The van der Waals surface area contributed by atoms with Gasteiger partial charge in [-0.1, -0.05) is 12.1 Å². The molecule has 0 radical (unpaired) electrons. The third kappa shape index (κ3) is 4.30. The lowest BCUT2D eigenvalue weighted by Gasteiger charge is -2.25. The number of halogens is 3. The molecule has 1 atom stereocenters. The van der Waals surface area contributed by atoms with Gasteiger partial charge in [0, 0.05) is 37.5 Å². The Morgan fingerprint density at radius 1 is 1.21 bits per heavy atom. The first kappa shape index (κ1) is 19.2. The Hall–Kier alpha value is -3.17. The van der Waals surface area contributed by atoms with Crippen molar-refractivity contribution in [2.75, 3.05) is 0 Å². The molecule has 2 aromatic heterocycles. The number of fused-ring (bicyclic) bond motifs is 1. The van der Waals surface area contributed by atoms with Crippen molar-refractivity contribution in [3.8, 4) is 0 Å². The van der Waals surface area contributed by atoms with Crippen LogP contribution in [0.15, 0.2) is 43.0 Å². The summed E-state index contributed by atoms with van der Waals surface area (Å²) in [6, 6.07) is 7.19. The first-order chi connectivity index (χ1) is 13.9. The van der Waals surface area contributed by atoms with Gasteiger partial charge in [0.15, 0.2) is 5.82 Å². The summed E-state index contributed by atoms with van der Waals surface area (Å²) in [5.41, 5.74) is 1.53. The van der Waals surface area contributed by atoms with E-state index < -0.39 is 12.1 Å². The van der Waals surface area contributed by atoms with Crippen molar-refractivity contribution in [2.45, 2.75) is 38.7 Å². The molecule has 0 spiro atoms. The Bertz CT molecular complexity index is 979. The van der Waals surface area contributed by atoms with E-state index in [1.807, 2.05) is 22.9 Å². The van der Waals surface area contributed by atoms with Gasteiger partial charge in [0.25, 0.3) is 5.91 Å². The molecule has 1 aliphatic rings. The second-order valence-electron chi connectivity index (χ2n) is 7.03. The highest BCUT2D eigenvalue weighted by Gasteiger charge is 2.42. The largest absolute Gasteiger partial charge is 0.392 e. The van der Waals surface area contributed by atoms with Crippen LogP contribution in [-0.4, -0.2) is 36.4 Å². The molecule has 1 aliphatic heterocycles. The van der Waals surface area contributed by atoms with Crippen LogP contribution in [0.3, 0.4) is 0 Å². The van der Waals surface area contributed by atoms with E-state index in [0.717, 1.165) is 5.56 Å². The van der Waals surface area contributed by atoms with Gasteiger partial charge in [-0.05, 0) is 24.1 Å². The van der Waals surface area contributed by atoms with Gasteiger partial charge in [-0.25, -0.2) is 4.98 Å². The highest BCUT2D eigenvalue weighted by atomic mass is 19.4. The fourth-order valence-corrected chi connectivity index (χ4v) is 3.41. The second-order valence-corrected chi connectivity index (χ2v) is 7.03. The van der Waals surface area contributed by atoms with Crippen molar-refractivity contribution >= 4 is 5.91 Å². The maximum atomic E-state index is 12.9. The van der Waals surface area contributed by atoms with Crippen LogP contribution in [0.2, 0.25) is 0 Å². The van der Waals surface area contributed by atoms with E-state index in [0.29, 0.717) is 23.8 Å². The molecular weight excluding hydrogens is 385 g/mol. The molecule has 1 amide bonds. The van der Waals surface area contributed by atoms with E-state index >= 15 is 0 Å². The normalized spacial score (nSPS) is 16.4. The summed E-state index contributed by atoms with van der Waals surface area (Å²) in [5.74, 6) is -0.889. The van der Waals surface area contributed by atoms with E-state index in [1.54, 1.807) is 29.2 Å². The molecule has 0 saturated carbocycles. The molecular formula is C19H19F3N6O. The number of hydrogen-bond donors (Lipinski definition) is 1. The molecule has 1 unspecified atom stereocenters. The van der Waals surface area contributed by atoms with Gasteiger partial charge in [0.1, 0.15) is 5.82 Å². The Morgan fingerprint density at radius 2 is 2.00 bits per heavy atom. The number of nitrogens with zero attached hydrogens (tertiary/aromatic N) is 5. The highest BCUT2D eigenvalue weighted by molar-refractivity contribution is 5.94. The quantitative estimate of drug-likeness (QED) is 0.709. The van der Waals surface area contributed by atoms with E-state index in [-0.39, 0.29) is 31.8 Å². The lowest BCUT2D eigenvalue weighted by molar-refractivity contribution is -0.179. The molecule has 0 bridgehead atoms. The third-order valence-electron chi connectivity index (χ3n) is 5.04. The molecule has 4 rings (SSSR count). The van der Waals surface area contributed by atoms with Crippen molar-refractivity contribution in [3.05, 3.63) is 65.8 Å². The fraction of sp³-hybridized carbons (Fsp3) is 0.368. The predicted octanol–water partition coefficient (Wildman–Crippen LogP) is 2.58. The van der Waals surface area contributed by atoms with Crippen molar-refractivity contribution in [1.82, 2.24) is 29.6 Å². The number of imidazole rings is 1. The molecule has 3 aromatic rings. The van der Waals surface area contributed by atoms with Gasteiger partial charge in [0.05, 0.1) is 18.8 Å².